The largest absolute Gasteiger partial charge is 0.489 e. The van der Waals surface area contributed by atoms with E-state index in [1.807, 2.05) is 6.07 Å². The van der Waals surface area contributed by atoms with Gasteiger partial charge in [0.15, 0.2) is 6.10 Å². The summed E-state index contributed by atoms with van der Waals surface area (Å²) >= 11 is 0. The first-order valence-electron chi connectivity index (χ1n) is 6.66. The van der Waals surface area contributed by atoms with Gasteiger partial charge in [-0.05, 0) is 42.8 Å². The van der Waals surface area contributed by atoms with Crippen LogP contribution in [-0.2, 0) is 11.3 Å². The summed E-state index contributed by atoms with van der Waals surface area (Å²) in [5.74, 6) is -0.398. The lowest BCUT2D eigenvalue weighted by molar-refractivity contribution is 0.0435. The molecule has 0 unspecified atom stereocenters. The second kappa shape index (κ2) is 7.23. The van der Waals surface area contributed by atoms with Crippen molar-refractivity contribution in [1.29, 1.82) is 5.26 Å². The summed E-state index contributed by atoms with van der Waals surface area (Å²) in [7, 11) is 0. The number of halogens is 1. The van der Waals surface area contributed by atoms with E-state index >= 15 is 0 Å². The van der Waals surface area contributed by atoms with Crippen molar-refractivity contribution < 1.29 is 18.7 Å². The van der Waals surface area contributed by atoms with Gasteiger partial charge in [-0.3, -0.25) is 0 Å². The van der Waals surface area contributed by atoms with Gasteiger partial charge in [0.2, 0.25) is 0 Å². The lowest BCUT2D eigenvalue weighted by Gasteiger charge is -2.09. The lowest BCUT2D eigenvalue weighted by Crippen LogP contribution is -2.13. The lowest BCUT2D eigenvalue weighted by atomic mass is 10.2. The standard InChI is InChI=1S/C17H14FNO3/c1-12(10-19)22-17(20)14-3-2-4-16(9-14)21-11-13-5-7-15(18)8-6-13/h2-9,12H,11H2,1H3/t12-/m0/s1. The zero-order valence-corrected chi connectivity index (χ0v) is 12.0. The number of hydrogen-bond donors (Lipinski definition) is 0. The van der Waals surface area contributed by atoms with E-state index in [-0.39, 0.29) is 12.4 Å². The second-order valence-corrected chi connectivity index (χ2v) is 4.62. The first-order valence-corrected chi connectivity index (χ1v) is 6.66. The number of hydrogen-bond acceptors (Lipinski definition) is 4. The van der Waals surface area contributed by atoms with Crippen molar-refractivity contribution in [2.75, 3.05) is 0 Å². The average Bonchev–Trinajstić information content (AvgIpc) is 2.54. The van der Waals surface area contributed by atoms with Gasteiger partial charge in [0.05, 0.1) is 5.56 Å². The SMILES string of the molecule is C[C@@H](C#N)OC(=O)c1cccc(OCc2ccc(F)cc2)c1. The molecule has 2 aromatic carbocycles. The molecule has 0 saturated carbocycles. The third kappa shape index (κ3) is 4.32. The van der Waals surface area contributed by atoms with Crippen LogP contribution >= 0.6 is 0 Å². The monoisotopic (exact) mass is 299 g/mol. The summed E-state index contributed by atoms with van der Waals surface area (Å²) < 4.78 is 23.3. The number of esters is 1. The minimum absolute atomic E-state index is 0.257. The van der Waals surface area contributed by atoms with Gasteiger partial charge in [0, 0.05) is 0 Å². The predicted molar refractivity (Wildman–Crippen MR) is 77.7 cm³/mol. The molecular formula is C17H14FNO3. The molecule has 2 rings (SSSR count). The predicted octanol–water partition coefficient (Wildman–Crippen LogP) is 3.47. The van der Waals surface area contributed by atoms with Crippen molar-refractivity contribution >= 4 is 5.97 Å². The van der Waals surface area contributed by atoms with Crippen LogP contribution in [0.2, 0.25) is 0 Å². The zero-order valence-electron chi connectivity index (χ0n) is 12.0. The van der Waals surface area contributed by atoms with E-state index in [4.69, 9.17) is 14.7 Å². The van der Waals surface area contributed by atoms with Crippen LogP contribution in [0.4, 0.5) is 4.39 Å². The highest BCUT2D eigenvalue weighted by Crippen LogP contribution is 2.16. The van der Waals surface area contributed by atoms with Crippen LogP contribution < -0.4 is 4.74 Å². The molecule has 0 aliphatic carbocycles. The Balaban J connectivity index is 2.01. The molecule has 0 heterocycles. The summed E-state index contributed by atoms with van der Waals surface area (Å²) in [6.45, 7) is 1.75. The van der Waals surface area contributed by atoms with Crippen LogP contribution in [0.1, 0.15) is 22.8 Å². The first-order chi connectivity index (χ1) is 10.6. The Hall–Kier alpha value is -2.87. The molecule has 0 fully saturated rings. The normalized spacial score (nSPS) is 11.3. The van der Waals surface area contributed by atoms with Crippen molar-refractivity contribution in [2.45, 2.75) is 19.6 Å². The Labute approximate surface area is 127 Å². The van der Waals surface area contributed by atoms with Gasteiger partial charge in [-0.1, -0.05) is 18.2 Å². The molecule has 0 saturated heterocycles. The highest BCUT2D eigenvalue weighted by atomic mass is 19.1. The molecule has 0 bridgehead atoms. The molecule has 112 valence electrons. The summed E-state index contributed by atoms with van der Waals surface area (Å²) in [5.41, 5.74) is 1.12. The van der Waals surface area contributed by atoms with E-state index in [2.05, 4.69) is 0 Å². The molecule has 22 heavy (non-hydrogen) atoms. The first kappa shape index (κ1) is 15.5. The van der Waals surface area contributed by atoms with Gasteiger partial charge in [-0.2, -0.15) is 5.26 Å². The van der Waals surface area contributed by atoms with Gasteiger partial charge >= 0.3 is 5.97 Å². The van der Waals surface area contributed by atoms with Crippen molar-refractivity contribution in [3.05, 3.63) is 65.5 Å². The Morgan fingerprint density at radius 2 is 2.00 bits per heavy atom. The molecule has 2 aromatic rings. The van der Waals surface area contributed by atoms with E-state index in [0.29, 0.717) is 11.3 Å². The molecule has 5 heteroatoms. The van der Waals surface area contributed by atoms with Crippen LogP contribution in [0.15, 0.2) is 48.5 Å². The van der Waals surface area contributed by atoms with Gasteiger partial charge in [0.1, 0.15) is 24.2 Å². The highest BCUT2D eigenvalue weighted by Gasteiger charge is 2.12. The highest BCUT2D eigenvalue weighted by molar-refractivity contribution is 5.90. The maximum absolute atomic E-state index is 12.8. The number of benzene rings is 2. The summed E-state index contributed by atoms with van der Waals surface area (Å²) in [6.07, 6.45) is -0.809. The van der Waals surface area contributed by atoms with E-state index < -0.39 is 12.1 Å². The van der Waals surface area contributed by atoms with E-state index in [0.717, 1.165) is 5.56 Å². The number of ether oxygens (including phenoxy) is 2. The van der Waals surface area contributed by atoms with Gasteiger partial charge in [-0.25, -0.2) is 9.18 Å². The van der Waals surface area contributed by atoms with Crippen LogP contribution in [0.5, 0.6) is 5.75 Å². The Morgan fingerprint density at radius 1 is 1.27 bits per heavy atom. The van der Waals surface area contributed by atoms with Crippen molar-refractivity contribution in [3.8, 4) is 11.8 Å². The third-order valence-electron chi connectivity index (χ3n) is 2.85. The van der Waals surface area contributed by atoms with E-state index in [9.17, 15) is 9.18 Å². The number of nitrogens with zero attached hydrogens (tertiary/aromatic N) is 1. The summed E-state index contributed by atoms with van der Waals surface area (Å²) in [5, 5.41) is 8.64. The number of carbonyl (C=O) groups is 1. The fourth-order valence-corrected chi connectivity index (χ4v) is 1.72. The quantitative estimate of drug-likeness (QED) is 0.793. The molecule has 0 aliphatic rings. The Kier molecular flexibility index (Phi) is 5.10. The Bertz CT molecular complexity index is 692. The molecule has 0 amide bonds. The molecule has 0 spiro atoms. The minimum atomic E-state index is -0.809. The second-order valence-electron chi connectivity index (χ2n) is 4.62. The van der Waals surface area contributed by atoms with Gasteiger partial charge in [-0.15, -0.1) is 0 Å². The van der Waals surface area contributed by atoms with Crippen LogP contribution in [0.25, 0.3) is 0 Å². The van der Waals surface area contributed by atoms with E-state index in [1.165, 1.54) is 25.1 Å². The molecule has 4 nitrogen and oxygen atoms in total. The summed E-state index contributed by atoms with van der Waals surface area (Å²) in [4.78, 5) is 11.8. The van der Waals surface area contributed by atoms with E-state index in [1.54, 1.807) is 30.3 Å². The van der Waals surface area contributed by atoms with Gasteiger partial charge < -0.3 is 9.47 Å². The van der Waals surface area contributed by atoms with Gasteiger partial charge in [0.25, 0.3) is 0 Å². The van der Waals surface area contributed by atoms with Crippen molar-refractivity contribution in [3.63, 3.8) is 0 Å². The molecule has 0 N–H and O–H groups in total. The minimum Gasteiger partial charge on any atom is -0.489 e. The molecule has 1 atom stereocenters. The van der Waals surface area contributed by atoms with Crippen molar-refractivity contribution in [2.24, 2.45) is 0 Å². The van der Waals surface area contributed by atoms with Crippen LogP contribution in [-0.4, -0.2) is 12.1 Å². The average molecular weight is 299 g/mol. The molecule has 0 radical (unpaired) electrons. The number of rotatable bonds is 5. The summed E-state index contributed by atoms with van der Waals surface area (Å²) in [6, 6.07) is 14.3. The zero-order chi connectivity index (χ0) is 15.9. The smallest absolute Gasteiger partial charge is 0.339 e. The van der Waals surface area contributed by atoms with Crippen molar-refractivity contribution in [1.82, 2.24) is 0 Å². The maximum Gasteiger partial charge on any atom is 0.339 e. The van der Waals surface area contributed by atoms with Crippen LogP contribution in [0.3, 0.4) is 0 Å². The third-order valence-corrected chi connectivity index (χ3v) is 2.85. The fraction of sp³-hybridized carbons (Fsp3) is 0.176. The molecule has 0 aromatic heterocycles. The molecular weight excluding hydrogens is 285 g/mol. The number of carbonyl (C=O) groups excluding carboxylic acids is 1. The Morgan fingerprint density at radius 3 is 2.68 bits per heavy atom. The maximum atomic E-state index is 12.8. The number of nitriles is 1. The topological polar surface area (TPSA) is 59.3 Å². The fourth-order valence-electron chi connectivity index (χ4n) is 1.72. The molecule has 0 aliphatic heterocycles. The van der Waals surface area contributed by atoms with Crippen LogP contribution in [0, 0.1) is 17.1 Å².